The molecule has 4 amide bonds. The number of nitrogens with one attached hydrogen (secondary N) is 2. The van der Waals surface area contributed by atoms with Crippen molar-refractivity contribution < 1.29 is 24.3 Å². The van der Waals surface area contributed by atoms with Crippen molar-refractivity contribution in [3.8, 4) is 0 Å². The third-order valence-corrected chi connectivity index (χ3v) is 3.88. The standard InChI is InChI=1S/C11H18N2O3.C4H8O2/c1-4-6-7(3)11(5-2)8(14)12-10(16)13-9(11)15;1-3(2)4(5)6/h7H,4-6H2,1-3H3,(H2,12,13,14,15,16);3H,1-2H3,(H,5,6). The molecule has 1 unspecified atom stereocenters. The summed E-state index contributed by atoms with van der Waals surface area (Å²) in [6.45, 7) is 8.96. The lowest BCUT2D eigenvalue weighted by molar-refractivity contribution is -0.148. The summed E-state index contributed by atoms with van der Waals surface area (Å²) in [4.78, 5) is 44.5. The van der Waals surface area contributed by atoms with Gasteiger partial charge in [-0.1, -0.05) is 41.0 Å². The average molecular weight is 314 g/mol. The van der Waals surface area contributed by atoms with Crippen molar-refractivity contribution in [2.24, 2.45) is 17.3 Å². The van der Waals surface area contributed by atoms with E-state index in [9.17, 15) is 19.2 Å². The summed E-state index contributed by atoms with van der Waals surface area (Å²) in [7, 11) is 0. The lowest BCUT2D eigenvalue weighted by Crippen LogP contribution is -2.64. The Hall–Kier alpha value is -1.92. The molecule has 0 spiro atoms. The van der Waals surface area contributed by atoms with Crippen LogP contribution in [0.2, 0.25) is 0 Å². The molecule has 0 aromatic rings. The van der Waals surface area contributed by atoms with Crippen LogP contribution in [0, 0.1) is 17.3 Å². The second-order valence-electron chi connectivity index (χ2n) is 5.74. The normalized spacial score (nSPS) is 18.0. The van der Waals surface area contributed by atoms with Gasteiger partial charge in [0.15, 0.2) is 0 Å². The molecule has 1 rings (SSSR count). The number of barbiturate groups is 1. The Morgan fingerprint density at radius 2 is 1.50 bits per heavy atom. The van der Waals surface area contributed by atoms with E-state index in [2.05, 4.69) is 10.6 Å². The molecule has 22 heavy (non-hydrogen) atoms. The number of carboxylic acid groups (broad SMARTS) is 1. The highest BCUT2D eigenvalue weighted by Gasteiger charge is 2.52. The van der Waals surface area contributed by atoms with Crippen molar-refractivity contribution in [1.29, 1.82) is 0 Å². The molecule has 1 saturated heterocycles. The average Bonchev–Trinajstić information content (AvgIpc) is 2.39. The SMILES string of the molecule is CC(C)C(=O)O.CCCC(C)C1(CC)C(=O)NC(=O)NC1=O. The predicted octanol–water partition coefficient (Wildman–Crippen LogP) is 1.91. The maximum atomic E-state index is 11.9. The largest absolute Gasteiger partial charge is 0.481 e. The molecule has 0 radical (unpaired) electrons. The number of aliphatic carboxylic acids is 1. The van der Waals surface area contributed by atoms with E-state index in [0.29, 0.717) is 6.42 Å². The van der Waals surface area contributed by atoms with Crippen molar-refractivity contribution in [2.75, 3.05) is 0 Å². The van der Waals surface area contributed by atoms with E-state index in [0.717, 1.165) is 12.8 Å². The number of urea groups is 1. The summed E-state index contributed by atoms with van der Waals surface area (Å²) in [5.41, 5.74) is -1.09. The van der Waals surface area contributed by atoms with Crippen LogP contribution in [-0.4, -0.2) is 28.9 Å². The van der Waals surface area contributed by atoms with E-state index in [4.69, 9.17) is 5.11 Å². The molecule has 1 aliphatic heterocycles. The fourth-order valence-electron chi connectivity index (χ4n) is 2.36. The maximum absolute atomic E-state index is 11.9. The fraction of sp³-hybridized carbons (Fsp3) is 0.733. The number of hydrogen-bond acceptors (Lipinski definition) is 4. The number of amides is 4. The van der Waals surface area contributed by atoms with Crippen LogP contribution in [0.1, 0.15) is 53.9 Å². The van der Waals surface area contributed by atoms with Crippen LogP contribution in [0.25, 0.3) is 0 Å². The van der Waals surface area contributed by atoms with Gasteiger partial charge >= 0.3 is 12.0 Å². The van der Waals surface area contributed by atoms with Crippen LogP contribution in [-0.2, 0) is 14.4 Å². The maximum Gasteiger partial charge on any atom is 0.328 e. The van der Waals surface area contributed by atoms with Gasteiger partial charge < -0.3 is 5.11 Å². The molecule has 7 heteroatoms. The molecule has 0 aromatic carbocycles. The number of rotatable bonds is 5. The molecular weight excluding hydrogens is 288 g/mol. The number of imide groups is 2. The second-order valence-corrected chi connectivity index (χ2v) is 5.74. The van der Waals surface area contributed by atoms with Gasteiger partial charge in [0.05, 0.1) is 5.92 Å². The van der Waals surface area contributed by atoms with Crippen LogP contribution in [0.5, 0.6) is 0 Å². The third kappa shape index (κ3) is 4.54. The zero-order valence-electron chi connectivity index (χ0n) is 13.9. The van der Waals surface area contributed by atoms with Crippen LogP contribution in [0.3, 0.4) is 0 Å². The monoisotopic (exact) mass is 314 g/mol. The second kappa shape index (κ2) is 8.51. The van der Waals surface area contributed by atoms with Gasteiger partial charge in [-0.15, -0.1) is 0 Å². The molecule has 7 nitrogen and oxygen atoms in total. The molecule has 0 saturated carbocycles. The fourth-order valence-corrected chi connectivity index (χ4v) is 2.36. The van der Waals surface area contributed by atoms with Gasteiger partial charge in [0.25, 0.3) is 0 Å². The summed E-state index contributed by atoms with van der Waals surface area (Å²) >= 11 is 0. The lowest BCUT2D eigenvalue weighted by atomic mass is 9.70. The Morgan fingerprint density at radius 1 is 1.09 bits per heavy atom. The molecule has 1 aliphatic rings. The van der Waals surface area contributed by atoms with Crippen LogP contribution in [0.4, 0.5) is 4.79 Å². The number of carboxylic acids is 1. The zero-order chi connectivity index (χ0) is 17.5. The highest BCUT2D eigenvalue weighted by Crippen LogP contribution is 2.36. The minimum Gasteiger partial charge on any atom is -0.481 e. The molecule has 126 valence electrons. The van der Waals surface area contributed by atoms with Crippen molar-refractivity contribution in [3.63, 3.8) is 0 Å². The molecule has 1 heterocycles. The van der Waals surface area contributed by atoms with Gasteiger partial charge in [-0.2, -0.15) is 0 Å². The van der Waals surface area contributed by atoms with Gasteiger partial charge in [-0.25, -0.2) is 4.79 Å². The van der Waals surface area contributed by atoms with Gasteiger partial charge in [0.2, 0.25) is 11.8 Å². The zero-order valence-corrected chi connectivity index (χ0v) is 13.9. The molecule has 0 bridgehead atoms. The van der Waals surface area contributed by atoms with Crippen LogP contribution >= 0.6 is 0 Å². The molecular formula is C15H26N2O5. The summed E-state index contributed by atoms with van der Waals surface area (Å²) < 4.78 is 0. The number of hydrogen-bond donors (Lipinski definition) is 3. The predicted molar refractivity (Wildman–Crippen MR) is 81.0 cm³/mol. The van der Waals surface area contributed by atoms with Crippen LogP contribution in [0.15, 0.2) is 0 Å². The summed E-state index contributed by atoms with van der Waals surface area (Å²) in [6.07, 6.45) is 2.08. The highest BCUT2D eigenvalue weighted by molar-refractivity contribution is 6.19. The minimum atomic E-state index is -1.09. The number of carbonyl (C=O) groups is 4. The first-order chi connectivity index (χ1) is 10.1. The van der Waals surface area contributed by atoms with Crippen molar-refractivity contribution >= 4 is 23.8 Å². The van der Waals surface area contributed by atoms with Crippen LogP contribution < -0.4 is 10.6 Å². The van der Waals surface area contributed by atoms with E-state index in [1.807, 2.05) is 13.8 Å². The molecule has 0 aromatic heterocycles. The Labute approximate surface area is 130 Å². The summed E-state index contributed by atoms with van der Waals surface area (Å²) in [5, 5.41) is 12.4. The van der Waals surface area contributed by atoms with E-state index < -0.39 is 29.2 Å². The third-order valence-electron chi connectivity index (χ3n) is 3.88. The summed E-state index contributed by atoms with van der Waals surface area (Å²) in [6, 6.07) is -0.720. The Bertz CT molecular complexity index is 425. The van der Waals surface area contributed by atoms with E-state index in [1.54, 1.807) is 20.8 Å². The van der Waals surface area contributed by atoms with E-state index in [1.165, 1.54) is 0 Å². The van der Waals surface area contributed by atoms with E-state index in [-0.39, 0.29) is 11.8 Å². The highest BCUT2D eigenvalue weighted by atomic mass is 16.4. The van der Waals surface area contributed by atoms with Gasteiger partial charge in [0, 0.05) is 0 Å². The Kier molecular flexibility index (Phi) is 7.76. The molecule has 1 fully saturated rings. The minimum absolute atomic E-state index is 0.0735. The first kappa shape index (κ1) is 20.1. The molecule has 3 N–H and O–H groups in total. The quantitative estimate of drug-likeness (QED) is 0.671. The van der Waals surface area contributed by atoms with Gasteiger partial charge in [-0.3, -0.25) is 25.0 Å². The lowest BCUT2D eigenvalue weighted by Gasteiger charge is -2.37. The Morgan fingerprint density at radius 3 is 1.77 bits per heavy atom. The van der Waals surface area contributed by atoms with Gasteiger partial charge in [0.1, 0.15) is 5.41 Å². The topological polar surface area (TPSA) is 113 Å². The summed E-state index contributed by atoms with van der Waals surface area (Å²) in [5.74, 6) is -1.98. The Balaban J connectivity index is 0.000000626. The number of carbonyl (C=O) groups excluding carboxylic acids is 3. The molecule has 1 atom stereocenters. The van der Waals surface area contributed by atoms with Crippen molar-refractivity contribution in [1.82, 2.24) is 10.6 Å². The van der Waals surface area contributed by atoms with Crippen molar-refractivity contribution in [3.05, 3.63) is 0 Å². The van der Waals surface area contributed by atoms with Gasteiger partial charge in [-0.05, 0) is 18.8 Å². The van der Waals surface area contributed by atoms with E-state index >= 15 is 0 Å². The molecule has 0 aliphatic carbocycles. The first-order valence-electron chi connectivity index (χ1n) is 7.53. The van der Waals surface area contributed by atoms with Crippen molar-refractivity contribution in [2.45, 2.75) is 53.9 Å². The smallest absolute Gasteiger partial charge is 0.328 e. The first-order valence-corrected chi connectivity index (χ1v) is 7.53.